The molecule has 0 saturated carbocycles. The Hall–Kier alpha value is -1.05. The van der Waals surface area contributed by atoms with Crippen molar-refractivity contribution >= 4 is 10.0 Å². The highest BCUT2D eigenvalue weighted by molar-refractivity contribution is 7.89. The molecule has 0 spiro atoms. The second-order valence-electron chi connectivity index (χ2n) is 5.06. The van der Waals surface area contributed by atoms with Gasteiger partial charge in [0.05, 0.1) is 17.5 Å². The van der Waals surface area contributed by atoms with Gasteiger partial charge in [-0.15, -0.1) is 0 Å². The molecule has 1 aromatic carbocycles. The van der Waals surface area contributed by atoms with Crippen molar-refractivity contribution in [2.24, 2.45) is 5.92 Å². The fraction of sp³-hybridized carbons (Fsp3) is 0.538. The maximum Gasteiger partial charge on any atom is 0.243 e. The molecular weight excluding hydrogens is 288 g/mol. The Morgan fingerprint density at radius 2 is 2.05 bits per heavy atom. The molecule has 1 aromatic rings. The monoisotopic (exact) mass is 305 g/mol. The van der Waals surface area contributed by atoms with E-state index in [0.717, 1.165) is 18.6 Å². The molecule has 2 unspecified atom stereocenters. The number of hydrogen-bond donors (Lipinski definition) is 1. The fourth-order valence-corrected chi connectivity index (χ4v) is 4.32. The van der Waals surface area contributed by atoms with Crippen LogP contribution in [-0.2, 0) is 10.0 Å². The van der Waals surface area contributed by atoms with Crippen LogP contribution in [0.2, 0.25) is 0 Å². The normalized spacial score (nSPS) is 24.8. The highest BCUT2D eigenvalue weighted by atomic mass is 32.2. The SMILES string of the molecule is CC1CCCN(S(=O)(=O)c2ccc(F)c(F)c2)C1CO. The molecule has 0 aliphatic carbocycles. The molecule has 7 heteroatoms. The number of nitrogens with zero attached hydrogens (tertiary/aromatic N) is 1. The fourth-order valence-electron chi connectivity index (χ4n) is 2.55. The summed E-state index contributed by atoms with van der Waals surface area (Å²) in [6, 6.07) is 1.99. The third kappa shape index (κ3) is 2.70. The first-order valence-electron chi connectivity index (χ1n) is 6.45. The van der Waals surface area contributed by atoms with Gasteiger partial charge in [0.1, 0.15) is 0 Å². The van der Waals surface area contributed by atoms with Crippen molar-refractivity contribution in [3.63, 3.8) is 0 Å². The second kappa shape index (κ2) is 5.75. The Labute approximate surface area is 117 Å². The number of piperidine rings is 1. The van der Waals surface area contributed by atoms with E-state index in [1.807, 2.05) is 6.92 Å². The molecule has 1 fully saturated rings. The molecule has 1 aliphatic heterocycles. The zero-order valence-electron chi connectivity index (χ0n) is 11.1. The Kier molecular flexibility index (Phi) is 4.41. The van der Waals surface area contributed by atoms with Gasteiger partial charge in [-0.2, -0.15) is 4.31 Å². The number of sulfonamides is 1. The van der Waals surface area contributed by atoms with Gasteiger partial charge >= 0.3 is 0 Å². The van der Waals surface area contributed by atoms with Crippen LogP contribution in [0.1, 0.15) is 19.8 Å². The molecule has 20 heavy (non-hydrogen) atoms. The Balaban J connectivity index is 2.40. The summed E-state index contributed by atoms with van der Waals surface area (Å²) in [5.74, 6) is -2.26. The van der Waals surface area contributed by atoms with E-state index < -0.39 is 27.7 Å². The van der Waals surface area contributed by atoms with Crippen molar-refractivity contribution in [3.8, 4) is 0 Å². The zero-order valence-corrected chi connectivity index (χ0v) is 11.9. The topological polar surface area (TPSA) is 57.6 Å². The largest absolute Gasteiger partial charge is 0.395 e. The van der Waals surface area contributed by atoms with Gasteiger partial charge < -0.3 is 5.11 Å². The van der Waals surface area contributed by atoms with Crippen LogP contribution in [0.25, 0.3) is 0 Å². The second-order valence-corrected chi connectivity index (χ2v) is 6.95. The summed E-state index contributed by atoms with van der Waals surface area (Å²) >= 11 is 0. The molecule has 4 nitrogen and oxygen atoms in total. The number of aliphatic hydroxyl groups is 1. The van der Waals surface area contributed by atoms with E-state index in [0.29, 0.717) is 12.5 Å². The molecule has 0 radical (unpaired) electrons. The first kappa shape index (κ1) is 15.3. The van der Waals surface area contributed by atoms with E-state index in [2.05, 4.69) is 0 Å². The third-order valence-corrected chi connectivity index (χ3v) is 5.67. The summed E-state index contributed by atoms with van der Waals surface area (Å²) in [6.45, 7) is 1.86. The molecule has 0 bridgehead atoms. The Morgan fingerprint density at radius 1 is 1.35 bits per heavy atom. The van der Waals surface area contributed by atoms with Crippen LogP contribution in [0.5, 0.6) is 0 Å². The number of rotatable bonds is 3. The molecule has 112 valence electrons. The van der Waals surface area contributed by atoms with E-state index in [9.17, 15) is 22.3 Å². The summed E-state index contributed by atoms with van der Waals surface area (Å²) in [5, 5.41) is 9.40. The maximum absolute atomic E-state index is 13.2. The van der Waals surface area contributed by atoms with Crippen LogP contribution in [0.4, 0.5) is 8.78 Å². The molecule has 2 atom stereocenters. The van der Waals surface area contributed by atoms with Crippen molar-refractivity contribution in [1.29, 1.82) is 0 Å². The average Bonchev–Trinajstić information content (AvgIpc) is 2.41. The van der Waals surface area contributed by atoms with E-state index in [4.69, 9.17) is 0 Å². The van der Waals surface area contributed by atoms with Crippen LogP contribution in [-0.4, -0.2) is 37.0 Å². The minimum atomic E-state index is -3.93. The molecule has 1 saturated heterocycles. The van der Waals surface area contributed by atoms with Crippen LogP contribution in [0.15, 0.2) is 23.1 Å². The summed E-state index contributed by atoms with van der Waals surface area (Å²) in [7, 11) is -3.93. The predicted octanol–water partition coefficient (Wildman–Crippen LogP) is 1.75. The lowest BCUT2D eigenvalue weighted by Gasteiger charge is -2.37. The highest BCUT2D eigenvalue weighted by Gasteiger charge is 2.37. The molecular formula is C13H17F2NO3S. The van der Waals surface area contributed by atoms with Crippen molar-refractivity contribution < 1.29 is 22.3 Å². The number of hydrogen-bond acceptors (Lipinski definition) is 3. The first-order valence-corrected chi connectivity index (χ1v) is 7.89. The standard InChI is InChI=1S/C13H17F2NO3S/c1-9-3-2-6-16(13(9)8-17)20(18,19)10-4-5-11(14)12(15)7-10/h4-5,7,9,13,17H,2-3,6,8H2,1H3. The maximum atomic E-state index is 13.2. The zero-order chi connectivity index (χ0) is 14.9. The lowest BCUT2D eigenvalue weighted by Crippen LogP contribution is -2.49. The summed E-state index contributed by atoms with van der Waals surface area (Å²) in [5.41, 5.74) is 0. The smallest absolute Gasteiger partial charge is 0.243 e. The quantitative estimate of drug-likeness (QED) is 0.925. The van der Waals surface area contributed by atoms with Gasteiger partial charge in [0, 0.05) is 6.54 Å². The minimum Gasteiger partial charge on any atom is -0.395 e. The first-order chi connectivity index (χ1) is 9.37. The number of aliphatic hydroxyl groups excluding tert-OH is 1. The summed E-state index contributed by atoms with van der Waals surface area (Å²) in [6.07, 6.45) is 1.51. The van der Waals surface area contributed by atoms with Gasteiger partial charge in [-0.1, -0.05) is 6.92 Å². The molecule has 1 aliphatic rings. The average molecular weight is 305 g/mol. The third-order valence-electron chi connectivity index (χ3n) is 3.75. The van der Waals surface area contributed by atoms with Gasteiger partial charge in [0.2, 0.25) is 10.0 Å². The van der Waals surface area contributed by atoms with Crippen LogP contribution < -0.4 is 0 Å². The lowest BCUT2D eigenvalue weighted by molar-refractivity contribution is 0.113. The summed E-state index contributed by atoms with van der Waals surface area (Å²) < 4.78 is 52.3. The van der Waals surface area contributed by atoms with Crippen LogP contribution in [0, 0.1) is 17.6 Å². The van der Waals surface area contributed by atoms with Crippen molar-refractivity contribution in [3.05, 3.63) is 29.8 Å². The Bertz CT molecular complexity index is 591. The summed E-state index contributed by atoms with van der Waals surface area (Å²) in [4.78, 5) is -0.288. The van der Waals surface area contributed by atoms with Gasteiger partial charge in [-0.25, -0.2) is 17.2 Å². The van der Waals surface area contributed by atoms with Gasteiger partial charge in [-0.3, -0.25) is 0 Å². The molecule has 1 heterocycles. The van der Waals surface area contributed by atoms with Crippen molar-refractivity contribution in [2.75, 3.05) is 13.2 Å². The van der Waals surface area contributed by atoms with Gasteiger partial charge in [-0.05, 0) is 37.0 Å². The van der Waals surface area contributed by atoms with Gasteiger partial charge in [0.15, 0.2) is 11.6 Å². The number of halogens is 2. The number of benzene rings is 1. The van der Waals surface area contributed by atoms with Crippen LogP contribution >= 0.6 is 0 Å². The van der Waals surface area contributed by atoms with Crippen LogP contribution in [0.3, 0.4) is 0 Å². The molecule has 2 rings (SSSR count). The van der Waals surface area contributed by atoms with E-state index in [1.165, 1.54) is 4.31 Å². The van der Waals surface area contributed by atoms with Crippen molar-refractivity contribution in [2.45, 2.75) is 30.7 Å². The molecule has 0 aromatic heterocycles. The molecule has 0 amide bonds. The molecule has 1 N–H and O–H groups in total. The Morgan fingerprint density at radius 3 is 2.65 bits per heavy atom. The van der Waals surface area contributed by atoms with E-state index >= 15 is 0 Å². The highest BCUT2D eigenvalue weighted by Crippen LogP contribution is 2.29. The van der Waals surface area contributed by atoms with Gasteiger partial charge in [0.25, 0.3) is 0 Å². The lowest BCUT2D eigenvalue weighted by atomic mass is 9.93. The minimum absolute atomic E-state index is 0.0221. The van der Waals surface area contributed by atoms with E-state index in [1.54, 1.807) is 0 Å². The van der Waals surface area contributed by atoms with Crippen molar-refractivity contribution in [1.82, 2.24) is 4.31 Å². The van der Waals surface area contributed by atoms with E-state index in [-0.39, 0.29) is 24.0 Å². The predicted molar refractivity (Wildman–Crippen MR) is 69.5 cm³/mol.